The predicted molar refractivity (Wildman–Crippen MR) is 95.3 cm³/mol. The quantitative estimate of drug-likeness (QED) is 0.889. The van der Waals surface area contributed by atoms with Crippen LogP contribution < -0.4 is 11.1 Å². The number of nitrogens with two attached hydrogens (primary N) is 1. The van der Waals surface area contributed by atoms with Gasteiger partial charge in [-0.15, -0.1) is 0 Å². The van der Waals surface area contributed by atoms with Crippen molar-refractivity contribution in [2.45, 2.75) is 38.6 Å². The van der Waals surface area contributed by atoms with Gasteiger partial charge < -0.3 is 20.4 Å². The topological polar surface area (TPSA) is 88.6 Å². The van der Waals surface area contributed by atoms with Crippen LogP contribution in [-0.4, -0.2) is 23.4 Å². The Balaban J connectivity index is 1.78. The second kappa shape index (κ2) is 7.42. The van der Waals surface area contributed by atoms with Crippen LogP contribution in [0.1, 0.15) is 53.4 Å². The molecule has 1 aromatic carbocycles. The number of furan rings is 1. The van der Waals surface area contributed by atoms with Gasteiger partial charge in [0.25, 0.3) is 0 Å². The SMILES string of the molecule is Cc1cc(NC(=O)N2CCCCC[C@H]2c2ccco2)ccc1C(N)=O. The molecule has 1 fully saturated rings. The van der Waals surface area contributed by atoms with E-state index in [4.69, 9.17) is 10.2 Å². The van der Waals surface area contributed by atoms with E-state index in [1.807, 2.05) is 17.0 Å². The lowest BCUT2D eigenvalue weighted by Crippen LogP contribution is -2.38. The van der Waals surface area contributed by atoms with Crippen molar-refractivity contribution in [1.82, 2.24) is 4.90 Å². The maximum atomic E-state index is 12.8. The van der Waals surface area contributed by atoms with Gasteiger partial charge in [-0.2, -0.15) is 0 Å². The first-order valence-corrected chi connectivity index (χ1v) is 8.58. The summed E-state index contributed by atoms with van der Waals surface area (Å²) < 4.78 is 5.55. The molecule has 0 radical (unpaired) electrons. The molecule has 1 saturated heterocycles. The number of anilines is 1. The smallest absolute Gasteiger partial charge is 0.322 e. The molecular formula is C19H23N3O3. The van der Waals surface area contributed by atoms with Crippen molar-refractivity contribution >= 4 is 17.6 Å². The highest BCUT2D eigenvalue weighted by molar-refractivity contribution is 5.96. The number of nitrogens with zero attached hydrogens (tertiary/aromatic N) is 1. The maximum absolute atomic E-state index is 12.8. The van der Waals surface area contributed by atoms with Gasteiger partial charge in [0.1, 0.15) is 5.76 Å². The molecule has 3 rings (SSSR count). The summed E-state index contributed by atoms with van der Waals surface area (Å²) in [6.07, 6.45) is 5.68. The second-order valence-electron chi connectivity index (χ2n) is 6.40. The first-order chi connectivity index (χ1) is 12.1. The van der Waals surface area contributed by atoms with Gasteiger partial charge >= 0.3 is 6.03 Å². The zero-order valence-corrected chi connectivity index (χ0v) is 14.3. The molecule has 6 heteroatoms. The van der Waals surface area contributed by atoms with E-state index in [0.717, 1.165) is 37.0 Å². The second-order valence-corrected chi connectivity index (χ2v) is 6.40. The van der Waals surface area contributed by atoms with Crippen LogP contribution in [0.5, 0.6) is 0 Å². The molecule has 1 aliphatic heterocycles. The van der Waals surface area contributed by atoms with E-state index in [9.17, 15) is 9.59 Å². The largest absolute Gasteiger partial charge is 0.467 e. The zero-order valence-electron chi connectivity index (χ0n) is 14.3. The summed E-state index contributed by atoms with van der Waals surface area (Å²) >= 11 is 0. The molecule has 132 valence electrons. The van der Waals surface area contributed by atoms with Gasteiger partial charge in [-0.1, -0.05) is 12.8 Å². The molecule has 25 heavy (non-hydrogen) atoms. The molecule has 0 bridgehead atoms. The van der Waals surface area contributed by atoms with E-state index in [0.29, 0.717) is 17.8 Å². The minimum atomic E-state index is -0.472. The molecule has 1 aliphatic rings. The van der Waals surface area contributed by atoms with E-state index >= 15 is 0 Å². The van der Waals surface area contributed by atoms with Gasteiger partial charge in [-0.05, 0) is 55.7 Å². The molecule has 2 aromatic rings. The first kappa shape index (κ1) is 17.1. The van der Waals surface area contributed by atoms with Gasteiger partial charge in [0, 0.05) is 17.8 Å². The standard InChI is InChI=1S/C19H23N3O3/c1-13-12-14(8-9-15(13)18(20)23)21-19(24)22-10-4-2-3-6-16(22)17-7-5-11-25-17/h5,7-9,11-12,16H,2-4,6,10H2,1H3,(H2,20,23)(H,21,24)/t16-/m0/s1. The monoisotopic (exact) mass is 341 g/mol. The average Bonchev–Trinajstić information content (AvgIpc) is 2.98. The fraction of sp³-hybridized carbons (Fsp3) is 0.368. The number of amides is 3. The molecule has 0 spiro atoms. The van der Waals surface area contributed by atoms with Crippen LogP contribution in [0.15, 0.2) is 41.0 Å². The van der Waals surface area contributed by atoms with Crippen molar-refractivity contribution in [3.8, 4) is 0 Å². The number of carbonyl (C=O) groups is 2. The lowest BCUT2D eigenvalue weighted by molar-refractivity contribution is 0.0999. The highest BCUT2D eigenvalue weighted by atomic mass is 16.3. The van der Waals surface area contributed by atoms with E-state index in [1.165, 1.54) is 0 Å². The summed E-state index contributed by atoms with van der Waals surface area (Å²) in [5, 5.41) is 2.93. The van der Waals surface area contributed by atoms with Crippen LogP contribution in [-0.2, 0) is 0 Å². The van der Waals surface area contributed by atoms with E-state index < -0.39 is 5.91 Å². The van der Waals surface area contributed by atoms with Crippen LogP contribution in [0, 0.1) is 6.92 Å². The summed E-state index contributed by atoms with van der Waals surface area (Å²) in [7, 11) is 0. The number of carbonyl (C=O) groups excluding carboxylic acids is 2. The van der Waals surface area contributed by atoms with Crippen LogP contribution >= 0.6 is 0 Å². The van der Waals surface area contributed by atoms with E-state index in [2.05, 4.69) is 5.32 Å². The summed E-state index contributed by atoms with van der Waals surface area (Å²) in [6, 6.07) is 8.66. The molecule has 0 unspecified atom stereocenters. The zero-order chi connectivity index (χ0) is 17.8. The normalized spacial score (nSPS) is 17.8. The van der Waals surface area contributed by atoms with Crippen LogP contribution in [0.3, 0.4) is 0 Å². The Morgan fingerprint density at radius 2 is 2.08 bits per heavy atom. The fourth-order valence-corrected chi connectivity index (χ4v) is 3.34. The summed E-state index contributed by atoms with van der Waals surface area (Å²) in [5.74, 6) is 0.345. The predicted octanol–water partition coefficient (Wildman–Crippen LogP) is 3.84. The number of likely N-dealkylation sites (tertiary alicyclic amines) is 1. The number of rotatable bonds is 3. The molecule has 1 aromatic heterocycles. The minimum Gasteiger partial charge on any atom is -0.467 e. The molecular weight excluding hydrogens is 318 g/mol. The lowest BCUT2D eigenvalue weighted by atomic mass is 10.1. The van der Waals surface area contributed by atoms with Crippen molar-refractivity contribution < 1.29 is 14.0 Å². The Kier molecular flexibility index (Phi) is 5.07. The first-order valence-electron chi connectivity index (χ1n) is 8.58. The van der Waals surface area contributed by atoms with E-state index in [1.54, 1.807) is 31.4 Å². The minimum absolute atomic E-state index is 0.0523. The number of aryl methyl sites for hydroxylation is 1. The van der Waals surface area contributed by atoms with Gasteiger partial charge in [-0.3, -0.25) is 4.79 Å². The van der Waals surface area contributed by atoms with Crippen LogP contribution in [0.25, 0.3) is 0 Å². The Labute approximate surface area is 147 Å². The highest BCUT2D eigenvalue weighted by Crippen LogP contribution is 2.31. The third-order valence-electron chi connectivity index (χ3n) is 4.63. The van der Waals surface area contributed by atoms with Gasteiger partial charge in [0.05, 0.1) is 12.3 Å². The third kappa shape index (κ3) is 3.84. The lowest BCUT2D eigenvalue weighted by Gasteiger charge is -2.28. The Morgan fingerprint density at radius 3 is 2.76 bits per heavy atom. The maximum Gasteiger partial charge on any atom is 0.322 e. The van der Waals surface area contributed by atoms with Gasteiger partial charge in [0.2, 0.25) is 5.91 Å². The molecule has 0 aliphatic carbocycles. The van der Waals surface area contributed by atoms with Crippen LogP contribution in [0.4, 0.5) is 10.5 Å². The van der Waals surface area contributed by atoms with Crippen LogP contribution in [0.2, 0.25) is 0 Å². The molecule has 3 N–H and O–H groups in total. The Morgan fingerprint density at radius 1 is 1.24 bits per heavy atom. The van der Waals surface area contributed by atoms with Crippen molar-refractivity contribution in [3.05, 3.63) is 53.5 Å². The molecule has 1 atom stereocenters. The number of hydrogen-bond acceptors (Lipinski definition) is 3. The third-order valence-corrected chi connectivity index (χ3v) is 4.63. The average molecular weight is 341 g/mol. The molecule has 6 nitrogen and oxygen atoms in total. The Hall–Kier alpha value is -2.76. The summed E-state index contributed by atoms with van der Waals surface area (Å²) in [4.78, 5) is 26.0. The molecule has 2 heterocycles. The fourth-order valence-electron chi connectivity index (χ4n) is 3.34. The van der Waals surface area contributed by atoms with Crippen molar-refractivity contribution in [3.63, 3.8) is 0 Å². The molecule has 3 amide bonds. The summed E-state index contributed by atoms with van der Waals surface area (Å²) in [5.41, 5.74) is 7.17. The number of benzene rings is 1. The molecule has 0 saturated carbocycles. The van der Waals surface area contributed by atoms with Gasteiger partial charge in [0.15, 0.2) is 0 Å². The number of primary amides is 1. The van der Waals surface area contributed by atoms with Crippen molar-refractivity contribution in [2.24, 2.45) is 5.73 Å². The van der Waals surface area contributed by atoms with E-state index in [-0.39, 0.29) is 12.1 Å². The number of urea groups is 1. The highest BCUT2D eigenvalue weighted by Gasteiger charge is 2.28. The number of hydrogen-bond donors (Lipinski definition) is 2. The van der Waals surface area contributed by atoms with Crippen molar-refractivity contribution in [2.75, 3.05) is 11.9 Å². The Bertz CT molecular complexity index is 755. The summed E-state index contributed by atoms with van der Waals surface area (Å²) in [6.45, 7) is 2.49. The van der Waals surface area contributed by atoms with Gasteiger partial charge in [-0.25, -0.2) is 4.79 Å². The number of nitrogens with one attached hydrogen (secondary N) is 1. The van der Waals surface area contributed by atoms with Crippen molar-refractivity contribution in [1.29, 1.82) is 0 Å².